The Balaban J connectivity index is 1.82. The van der Waals surface area contributed by atoms with Crippen LogP contribution in [0.1, 0.15) is 61.1 Å². The van der Waals surface area contributed by atoms with Gasteiger partial charge in [-0.2, -0.15) is 0 Å². The molecule has 166 valence electrons. The van der Waals surface area contributed by atoms with Crippen molar-refractivity contribution in [3.05, 3.63) is 65.2 Å². The third kappa shape index (κ3) is 5.25. The van der Waals surface area contributed by atoms with Crippen LogP contribution >= 0.6 is 0 Å². The van der Waals surface area contributed by atoms with Crippen LogP contribution in [0.2, 0.25) is 0 Å². The minimum absolute atomic E-state index is 0.0259. The van der Waals surface area contributed by atoms with Gasteiger partial charge in [0.05, 0.1) is 30.2 Å². The van der Waals surface area contributed by atoms with Gasteiger partial charge in [-0.3, -0.25) is 4.79 Å². The fourth-order valence-corrected chi connectivity index (χ4v) is 3.95. The van der Waals surface area contributed by atoms with Crippen LogP contribution in [0.3, 0.4) is 0 Å². The monoisotopic (exact) mass is 425 g/mol. The van der Waals surface area contributed by atoms with Crippen LogP contribution in [-0.4, -0.2) is 38.3 Å². The summed E-state index contributed by atoms with van der Waals surface area (Å²) in [5, 5.41) is 3.18. The molecule has 0 aliphatic carbocycles. The SMILES string of the molecule is COC(=O)c1ccc([C@H](C)NC(=O)C2(c3cccc(OC(C)C)c3)CCOCC2)cc1. The molecule has 6 heteroatoms. The van der Waals surface area contributed by atoms with E-state index in [1.54, 1.807) is 12.1 Å². The van der Waals surface area contributed by atoms with Crippen LogP contribution in [0.4, 0.5) is 0 Å². The molecule has 1 aliphatic rings. The van der Waals surface area contributed by atoms with Gasteiger partial charge in [0.15, 0.2) is 0 Å². The molecule has 1 atom stereocenters. The van der Waals surface area contributed by atoms with Gasteiger partial charge in [-0.05, 0) is 69.0 Å². The molecule has 1 saturated heterocycles. The van der Waals surface area contributed by atoms with Gasteiger partial charge in [0.2, 0.25) is 5.91 Å². The van der Waals surface area contributed by atoms with Gasteiger partial charge >= 0.3 is 5.97 Å². The van der Waals surface area contributed by atoms with Crippen LogP contribution in [-0.2, 0) is 19.7 Å². The van der Waals surface area contributed by atoms with E-state index < -0.39 is 5.41 Å². The van der Waals surface area contributed by atoms with E-state index in [9.17, 15) is 9.59 Å². The second-order valence-electron chi connectivity index (χ2n) is 8.20. The third-order valence-corrected chi connectivity index (χ3v) is 5.72. The normalized spacial score (nSPS) is 16.4. The van der Waals surface area contributed by atoms with E-state index in [2.05, 4.69) is 5.32 Å². The largest absolute Gasteiger partial charge is 0.491 e. The van der Waals surface area contributed by atoms with Crippen molar-refractivity contribution in [2.45, 2.75) is 51.2 Å². The summed E-state index contributed by atoms with van der Waals surface area (Å²) < 4.78 is 16.2. The van der Waals surface area contributed by atoms with Gasteiger partial charge in [-0.1, -0.05) is 24.3 Å². The molecule has 1 amide bonds. The van der Waals surface area contributed by atoms with Crippen LogP contribution in [0.25, 0.3) is 0 Å². The van der Waals surface area contributed by atoms with Crippen LogP contribution in [0, 0.1) is 0 Å². The number of rotatable bonds is 7. The summed E-state index contributed by atoms with van der Waals surface area (Å²) in [6.45, 7) is 6.97. The van der Waals surface area contributed by atoms with Crippen molar-refractivity contribution in [2.24, 2.45) is 0 Å². The second-order valence-corrected chi connectivity index (χ2v) is 8.20. The standard InChI is InChI=1S/C25H31NO5/c1-17(2)31-22-7-5-6-21(16-22)25(12-14-30-15-13-25)24(28)26-18(3)19-8-10-20(11-9-19)23(27)29-4/h5-11,16-18H,12-15H2,1-4H3,(H,26,28)/t18-/m0/s1. The number of carbonyl (C=O) groups is 2. The van der Waals surface area contributed by atoms with Crippen LogP contribution in [0.5, 0.6) is 5.75 Å². The Labute approximate surface area is 183 Å². The minimum atomic E-state index is -0.672. The van der Waals surface area contributed by atoms with Crippen LogP contribution in [0.15, 0.2) is 48.5 Å². The van der Waals surface area contributed by atoms with Crippen molar-refractivity contribution in [3.63, 3.8) is 0 Å². The first kappa shape index (κ1) is 22.8. The molecular formula is C25H31NO5. The highest BCUT2D eigenvalue weighted by atomic mass is 16.5. The fraction of sp³-hybridized carbons (Fsp3) is 0.440. The molecule has 0 aromatic heterocycles. The predicted molar refractivity (Wildman–Crippen MR) is 118 cm³/mol. The summed E-state index contributed by atoms with van der Waals surface area (Å²) >= 11 is 0. The first-order valence-electron chi connectivity index (χ1n) is 10.7. The number of amides is 1. The lowest BCUT2D eigenvalue weighted by Crippen LogP contribution is -2.48. The summed E-state index contributed by atoms with van der Waals surface area (Å²) in [5.74, 6) is 0.354. The van der Waals surface area contributed by atoms with Gasteiger partial charge in [0.25, 0.3) is 0 Å². The molecule has 6 nitrogen and oxygen atoms in total. The molecule has 0 unspecified atom stereocenters. The molecule has 1 aliphatic heterocycles. The molecule has 2 aromatic rings. The zero-order chi connectivity index (χ0) is 22.4. The Bertz CT molecular complexity index is 900. The smallest absolute Gasteiger partial charge is 0.337 e. The summed E-state index contributed by atoms with van der Waals surface area (Å²) in [6, 6.07) is 14.7. The molecular weight excluding hydrogens is 394 g/mol. The lowest BCUT2D eigenvalue weighted by atomic mass is 9.73. The lowest BCUT2D eigenvalue weighted by molar-refractivity contribution is -0.131. The zero-order valence-corrected chi connectivity index (χ0v) is 18.6. The van der Waals surface area contributed by atoms with Crippen molar-refractivity contribution >= 4 is 11.9 Å². The first-order valence-corrected chi connectivity index (χ1v) is 10.7. The summed E-state index contributed by atoms with van der Waals surface area (Å²) in [4.78, 5) is 25.2. The molecule has 0 spiro atoms. The van der Waals surface area contributed by atoms with E-state index in [1.165, 1.54) is 7.11 Å². The lowest BCUT2D eigenvalue weighted by Gasteiger charge is -2.37. The number of methoxy groups -OCH3 is 1. The zero-order valence-electron chi connectivity index (χ0n) is 18.6. The van der Waals surface area contributed by atoms with Gasteiger partial charge in [-0.25, -0.2) is 4.79 Å². The van der Waals surface area contributed by atoms with E-state index in [-0.39, 0.29) is 24.0 Å². The quantitative estimate of drug-likeness (QED) is 0.674. The van der Waals surface area contributed by atoms with Crippen molar-refractivity contribution < 1.29 is 23.8 Å². The molecule has 3 rings (SSSR count). The summed E-state index contributed by atoms with van der Waals surface area (Å²) in [5.41, 5.74) is 1.67. The number of carbonyl (C=O) groups excluding carboxylic acids is 2. The van der Waals surface area contributed by atoms with E-state index in [1.807, 2.05) is 57.2 Å². The molecule has 1 heterocycles. The Kier molecular flexibility index (Phi) is 7.33. The van der Waals surface area contributed by atoms with E-state index in [0.29, 0.717) is 31.6 Å². The van der Waals surface area contributed by atoms with Crippen molar-refractivity contribution in [3.8, 4) is 5.75 Å². The number of hydrogen-bond donors (Lipinski definition) is 1. The first-order chi connectivity index (χ1) is 14.9. The molecule has 31 heavy (non-hydrogen) atoms. The summed E-state index contributed by atoms with van der Waals surface area (Å²) in [6.07, 6.45) is 1.28. The van der Waals surface area contributed by atoms with Gasteiger partial charge in [0, 0.05) is 13.2 Å². The Morgan fingerprint density at radius 2 is 1.71 bits per heavy atom. The number of nitrogens with one attached hydrogen (secondary N) is 1. The predicted octanol–water partition coefficient (Wildman–Crippen LogP) is 4.19. The van der Waals surface area contributed by atoms with E-state index in [4.69, 9.17) is 14.2 Å². The van der Waals surface area contributed by atoms with Crippen molar-refractivity contribution in [1.82, 2.24) is 5.32 Å². The van der Waals surface area contributed by atoms with Crippen LogP contribution < -0.4 is 10.1 Å². The molecule has 0 saturated carbocycles. The summed E-state index contributed by atoms with van der Waals surface area (Å²) in [7, 11) is 1.35. The Morgan fingerprint density at radius 1 is 1.03 bits per heavy atom. The maximum atomic E-state index is 13.6. The average molecular weight is 426 g/mol. The van der Waals surface area contributed by atoms with Gasteiger partial charge < -0.3 is 19.5 Å². The van der Waals surface area contributed by atoms with Crippen molar-refractivity contribution in [1.29, 1.82) is 0 Å². The molecule has 2 aromatic carbocycles. The Morgan fingerprint density at radius 3 is 2.32 bits per heavy atom. The van der Waals surface area contributed by atoms with Gasteiger partial charge in [-0.15, -0.1) is 0 Å². The highest BCUT2D eigenvalue weighted by Crippen LogP contribution is 2.37. The Hall–Kier alpha value is -2.86. The maximum absolute atomic E-state index is 13.6. The topological polar surface area (TPSA) is 73.9 Å². The molecule has 1 fully saturated rings. The highest BCUT2D eigenvalue weighted by Gasteiger charge is 2.42. The fourth-order valence-electron chi connectivity index (χ4n) is 3.95. The van der Waals surface area contributed by atoms with E-state index in [0.717, 1.165) is 16.9 Å². The number of benzene rings is 2. The molecule has 1 N–H and O–H groups in total. The number of ether oxygens (including phenoxy) is 3. The molecule has 0 bridgehead atoms. The number of hydrogen-bond acceptors (Lipinski definition) is 5. The number of esters is 1. The molecule has 0 radical (unpaired) electrons. The second kappa shape index (κ2) is 9.96. The minimum Gasteiger partial charge on any atom is -0.491 e. The van der Waals surface area contributed by atoms with Crippen molar-refractivity contribution in [2.75, 3.05) is 20.3 Å². The third-order valence-electron chi connectivity index (χ3n) is 5.72. The highest BCUT2D eigenvalue weighted by molar-refractivity contribution is 5.90. The van der Waals surface area contributed by atoms with Gasteiger partial charge in [0.1, 0.15) is 5.75 Å². The maximum Gasteiger partial charge on any atom is 0.337 e. The average Bonchev–Trinajstić information content (AvgIpc) is 2.78. The van der Waals surface area contributed by atoms with E-state index >= 15 is 0 Å².